The Hall–Kier alpha value is -3.52. The first-order valence-corrected chi connectivity index (χ1v) is 12.9. The number of carbonyl (C=O) groups is 1. The van der Waals surface area contributed by atoms with Crippen LogP contribution in [0.5, 0.6) is 5.75 Å². The third-order valence-electron chi connectivity index (χ3n) is 7.49. The summed E-state index contributed by atoms with van der Waals surface area (Å²) in [7, 11) is 0. The van der Waals surface area contributed by atoms with E-state index in [-0.39, 0.29) is 35.2 Å². The van der Waals surface area contributed by atoms with E-state index in [0.29, 0.717) is 11.6 Å². The van der Waals surface area contributed by atoms with E-state index in [2.05, 4.69) is 9.88 Å². The Balaban J connectivity index is 1.23. The summed E-state index contributed by atoms with van der Waals surface area (Å²) >= 11 is 0. The lowest BCUT2D eigenvalue weighted by atomic mass is 10.0. The molecule has 194 valence electrons. The fourth-order valence-corrected chi connectivity index (χ4v) is 5.21. The van der Waals surface area contributed by atoms with Gasteiger partial charge < -0.3 is 20.3 Å². The Labute approximate surface area is 216 Å². The van der Waals surface area contributed by atoms with Crippen LogP contribution in [0.3, 0.4) is 0 Å². The van der Waals surface area contributed by atoms with Crippen LogP contribution in [0.4, 0.5) is 14.6 Å². The van der Waals surface area contributed by atoms with Crippen LogP contribution in [0.25, 0.3) is 11.1 Å². The number of pyridine rings is 1. The van der Waals surface area contributed by atoms with Crippen molar-refractivity contribution in [1.82, 2.24) is 14.8 Å². The molecule has 2 aromatic carbocycles. The Morgan fingerprint density at radius 1 is 1.00 bits per heavy atom. The van der Waals surface area contributed by atoms with Gasteiger partial charge in [0.1, 0.15) is 6.61 Å². The fraction of sp³-hybridized carbons (Fsp3) is 0.379. The number of aromatic nitrogens is 1. The molecule has 6 nitrogen and oxygen atoms in total. The average Bonchev–Trinajstić information content (AvgIpc) is 3.47. The van der Waals surface area contributed by atoms with Gasteiger partial charge in [0.05, 0.1) is 0 Å². The van der Waals surface area contributed by atoms with Crippen molar-refractivity contribution in [2.45, 2.75) is 45.3 Å². The highest BCUT2D eigenvalue weighted by Gasteiger charge is 2.28. The number of nitrogens with two attached hydrogens (primary N) is 1. The van der Waals surface area contributed by atoms with Crippen LogP contribution in [0.15, 0.2) is 48.7 Å². The summed E-state index contributed by atoms with van der Waals surface area (Å²) in [5, 5.41) is 0. The molecule has 3 heterocycles. The normalized spacial score (nSPS) is 16.8. The highest BCUT2D eigenvalue weighted by molar-refractivity contribution is 5.94. The number of likely N-dealkylation sites (tertiary alicyclic amines) is 2. The van der Waals surface area contributed by atoms with E-state index in [0.717, 1.165) is 37.1 Å². The molecule has 2 saturated heterocycles. The third-order valence-corrected chi connectivity index (χ3v) is 7.49. The summed E-state index contributed by atoms with van der Waals surface area (Å²) in [4.78, 5) is 21.8. The molecule has 8 heteroatoms. The van der Waals surface area contributed by atoms with Gasteiger partial charge >= 0.3 is 0 Å². The van der Waals surface area contributed by atoms with Crippen LogP contribution in [-0.4, -0.2) is 52.9 Å². The van der Waals surface area contributed by atoms with Crippen molar-refractivity contribution in [1.29, 1.82) is 0 Å². The van der Waals surface area contributed by atoms with Gasteiger partial charge in [-0.05, 0) is 75.0 Å². The van der Waals surface area contributed by atoms with Crippen molar-refractivity contribution in [3.8, 4) is 16.9 Å². The number of amides is 1. The lowest BCUT2D eigenvalue weighted by molar-refractivity contribution is 0.0644. The van der Waals surface area contributed by atoms with Gasteiger partial charge in [-0.2, -0.15) is 0 Å². The predicted molar refractivity (Wildman–Crippen MR) is 139 cm³/mol. The zero-order valence-electron chi connectivity index (χ0n) is 21.1. The second-order valence-corrected chi connectivity index (χ2v) is 9.91. The smallest absolute Gasteiger partial charge is 0.253 e. The molecule has 0 unspecified atom stereocenters. The second kappa shape index (κ2) is 10.8. The molecule has 2 fully saturated rings. The molecule has 0 aliphatic carbocycles. The van der Waals surface area contributed by atoms with E-state index in [1.165, 1.54) is 45.0 Å². The van der Waals surface area contributed by atoms with Gasteiger partial charge in [-0.25, -0.2) is 13.8 Å². The van der Waals surface area contributed by atoms with E-state index in [1.54, 1.807) is 12.3 Å². The van der Waals surface area contributed by atoms with Gasteiger partial charge in [0.15, 0.2) is 23.2 Å². The second-order valence-electron chi connectivity index (χ2n) is 9.91. The first-order chi connectivity index (χ1) is 17.9. The molecule has 37 heavy (non-hydrogen) atoms. The molecular formula is C29H32F2N4O2. The number of benzene rings is 2. The van der Waals surface area contributed by atoms with E-state index in [1.807, 2.05) is 29.2 Å². The van der Waals surface area contributed by atoms with Crippen molar-refractivity contribution in [3.05, 3.63) is 77.0 Å². The summed E-state index contributed by atoms with van der Waals surface area (Å²) in [6.07, 6.45) is 6.25. The molecule has 2 N–H and O–H groups in total. The van der Waals surface area contributed by atoms with Crippen LogP contribution in [0.2, 0.25) is 0 Å². The van der Waals surface area contributed by atoms with Crippen LogP contribution >= 0.6 is 0 Å². The number of carbonyl (C=O) groups excluding carboxylic acids is 1. The first-order valence-electron chi connectivity index (χ1n) is 12.9. The molecule has 0 atom stereocenters. The van der Waals surface area contributed by atoms with Crippen molar-refractivity contribution >= 4 is 11.7 Å². The van der Waals surface area contributed by atoms with Gasteiger partial charge in [-0.15, -0.1) is 0 Å². The van der Waals surface area contributed by atoms with Gasteiger partial charge in [0, 0.05) is 42.0 Å². The molecule has 0 saturated carbocycles. The Morgan fingerprint density at radius 3 is 2.41 bits per heavy atom. The Morgan fingerprint density at radius 2 is 1.70 bits per heavy atom. The minimum Gasteiger partial charge on any atom is -0.485 e. The maximum absolute atomic E-state index is 14.2. The molecule has 1 aromatic heterocycles. The highest BCUT2D eigenvalue weighted by Crippen LogP contribution is 2.29. The van der Waals surface area contributed by atoms with Crippen LogP contribution in [0.1, 0.15) is 47.2 Å². The van der Waals surface area contributed by atoms with Gasteiger partial charge in [-0.3, -0.25) is 4.79 Å². The van der Waals surface area contributed by atoms with E-state index >= 15 is 0 Å². The van der Waals surface area contributed by atoms with Crippen LogP contribution in [-0.2, 0) is 6.61 Å². The molecule has 3 aromatic rings. The SMILES string of the molecule is Cc1ccc(COc2cc(-c3ccc(C(=O)N4CCC(N5CCCC5)CC4)cc3)cnc2N)c(F)c1F. The number of nitrogens with zero attached hydrogens (tertiary/aromatic N) is 3. The minimum atomic E-state index is -0.928. The lowest BCUT2D eigenvalue weighted by Gasteiger charge is -2.36. The number of nitrogen functional groups attached to an aromatic ring is 1. The minimum absolute atomic E-state index is 0.0539. The van der Waals surface area contributed by atoms with E-state index in [4.69, 9.17) is 10.5 Å². The lowest BCUT2D eigenvalue weighted by Crippen LogP contribution is -2.45. The number of rotatable bonds is 6. The third kappa shape index (κ3) is 5.44. The zero-order chi connectivity index (χ0) is 25.9. The number of aryl methyl sites for hydroxylation is 1. The maximum Gasteiger partial charge on any atom is 0.253 e. The first kappa shape index (κ1) is 25.1. The summed E-state index contributed by atoms with van der Waals surface area (Å²) in [6.45, 7) is 5.28. The number of piperidine rings is 1. The molecule has 2 aliphatic heterocycles. The molecule has 2 aliphatic rings. The number of ether oxygens (including phenoxy) is 1. The quantitative estimate of drug-likeness (QED) is 0.498. The zero-order valence-corrected chi connectivity index (χ0v) is 21.1. The summed E-state index contributed by atoms with van der Waals surface area (Å²) in [5.74, 6) is -1.33. The number of halogens is 2. The largest absolute Gasteiger partial charge is 0.485 e. The number of anilines is 1. The molecule has 1 amide bonds. The molecular weight excluding hydrogens is 474 g/mol. The Kier molecular flexibility index (Phi) is 7.37. The fourth-order valence-electron chi connectivity index (χ4n) is 5.21. The van der Waals surface area contributed by atoms with Crippen molar-refractivity contribution in [2.75, 3.05) is 31.9 Å². The van der Waals surface area contributed by atoms with Crippen molar-refractivity contribution < 1.29 is 18.3 Å². The summed E-state index contributed by atoms with van der Waals surface area (Å²) in [5.41, 5.74) is 8.53. The van der Waals surface area contributed by atoms with E-state index < -0.39 is 11.6 Å². The van der Waals surface area contributed by atoms with Gasteiger partial charge in [-0.1, -0.05) is 24.3 Å². The topological polar surface area (TPSA) is 71.7 Å². The predicted octanol–water partition coefficient (Wildman–Crippen LogP) is 5.20. The summed E-state index contributed by atoms with van der Waals surface area (Å²) < 4.78 is 33.8. The van der Waals surface area contributed by atoms with Gasteiger partial charge in [0.2, 0.25) is 0 Å². The molecule has 0 radical (unpaired) electrons. The molecule has 5 rings (SSSR count). The standard InChI is InChI=1S/C29H32F2N4O2/c1-19-4-5-22(27(31)26(19)30)18-37-25-16-23(17-33-28(25)32)20-6-8-21(9-7-20)29(36)35-14-10-24(11-15-35)34-12-2-3-13-34/h4-9,16-17,24H,2-3,10-15,18H2,1H3,(H2,32,33). The van der Waals surface area contributed by atoms with Crippen LogP contribution in [0, 0.1) is 18.6 Å². The molecule has 0 spiro atoms. The molecule has 0 bridgehead atoms. The van der Waals surface area contributed by atoms with E-state index in [9.17, 15) is 13.6 Å². The Bertz CT molecular complexity index is 1270. The average molecular weight is 507 g/mol. The number of hydrogen-bond acceptors (Lipinski definition) is 5. The summed E-state index contributed by atoms with van der Waals surface area (Å²) in [6, 6.07) is 12.7. The monoisotopic (exact) mass is 506 g/mol. The maximum atomic E-state index is 14.2. The number of hydrogen-bond donors (Lipinski definition) is 1. The van der Waals surface area contributed by atoms with Crippen molar-refractivity contribution in [2.24, 2.45) is 0 Å². The highest BCUT2D eigenvalue weighted by atomic mass is 19.2. The van der Waals surface area contributed by atoms with Crippen molar-refractivity contribution in [3.63, 3.8) is 0 Å². The van der Waals surface area contributed by atoms with Gasteiger partial charge in [0.25, 0.3) is 5.91 Å². The van der Waals surface area contributed by atoms with Crippen LogP contribution < -0.4 is 10.5 Å².